The Labute approximate surface area is 150 Å². The van der Waals surface area contributed by atoms with Crippen LogP contribution in [0, 0.1) is 0 Å². The Hall–Kier alpha value is -2.61. The smallest absolute Gasteiger partial charge is 0.333 e. The molecule has 1 aromatic carbocycles. The molecular weight excluding hydrogens is 356 g/mol. The Balaban J connectivity index is 1.59. The summed E-state index contributed by atoms with van der Waals surface area (Å²) in [6.07, 6.45) is 7.30. The quantitative estimate of drug-likeness (QED) is 0.800. The van der Waals surface area contributed by atoms with Crippen LogP contribution in [0.25, 0.3) is 0 Å². The largest absolute Gasteiger partial charge is 0.450 e. The van der Waals surface area contributed by atoms with E-state index in [1.54, 1.807) is 0 Å². The number of rotatable bonds is 4. The predicted octanol–water partition coefficient (Wildman–Crippen LogP) is 2.58. The Morgan fingerprint density at radius 1 is 1.04 bits per heavy atom. The number of benzene rings is 1. The van der Waals surface area contributed by atoms with Gasteiger partial charge in [0.2, 0.25) is 5.09 Å². The van der Waals surface area contributed by atoms with Gasteiger partial charge in [0.05, 0.1) is 5.56 Å². The molecule has 7 nitrogen and oxygen atoms in total. The first-order valence-corrected chi connectivity index (χ1v) is 10.0. The number of carbonyl (C=O) groups excluding carboxylic acids is 2. The van der Waals surface area contributed by atoms with Gasteiger partial charge in [-0.2, -0.15) is 8.42 Å². The topological polar surface area (TPSA) is 105 Å². The number of aldehydes is 1. The molecule has 2 aliphatic rings. The molecule has 2 aliphatic carbocycles. The zero-order chi connectivity index (χ0) is 18.3. The fraction of sp³-hybridized carbons (Fsp3) is 0.333. The van der Waals surface area contributed by atoms with Gasteiger partial charge in [0.15, 0.2) is 6.29 Å². The van der Waals surface area contributed by atoms with Gasteiger partial charge in [0, 0.05) is 11.8 Å². The van der Waals surface area contributed by atoms with Crippen molar-refractivity contribution in [3.05, 3.63) is 46.2 Å². The third-order valence-electron chi connectivity index (χ3n) is 4.94. The third kappa shape index (κ3) is 2.90. The summed E-state index contributed by atoms with van der Waals surface area (Å²) in [7, 11) is -4.18. The van der Waals surface area contributed by atoms with Crippen molar-refractivity contribution < 1.29 is 22.4 Å². The van der Waals surface area contributed by atoms with Crippen LogP contribution in [0.15, 0.2) is 27.9 Å². The number of sulfonamides is 1. The molecule has 136 valence electrons. The molecule has 0 saturated heterocycles. The maximum Gasteiger partial charge on any atom is 0.333 e. The van der Waals surface area contributed by atoms with E-state index < -0.39 is 21.1 Å². The highest BCUT2D eigenvalue weighted by molar-refractivity contribution is 7.89. The minimum absolute atomic E-state index is 0.0875. The maximum absolute atomic E-state index is 12.4. The highest BCUT2D eigenvalue weighted by atomic mass is 32.2. The number of urea groups is 1. The minimum atomic E-state index is -4.18. The predicted molar refractivity (Wildman–Crippen MR) is 93.9 cm³/mol. The van der Waals surface area contributed by atoms with Crippen molar-refractivity contribution in [1.29, 1.82) is 0 Å². The summed E-state index contributed by atoms with van der Waals surface area (Å²) in [5.41, 5.74) is 5.55. The summed E-state index contributed by atoms with van der Waals surface area (Å²) in [6.45, 7) is 0. The second-order valence-corrected chi connectivity index (χ2v) is 8.22. The molecule has 1 aromatic heterocycles. The first-order valence-electron chi connectivity index (χ1n) is 8.52. The Bertz CT molecular complexity index is 975. The van der Waals surface area contributed by atoms with Crippen LogP contribution in [0.3, 0.4) is 0 Å². The minimum Gasteiger partial charge on any atom is -0.450 e. The molecule has 0 fully saturated rings. The number of nitrogens with one attached hydrogen (secondary N) is 2. The van der Waals surface area contributed by atoms with Gasteiger partial charge in [-0.05, 0) is 60.8 Å². The van der Waals surface area contributed by atoms with Crippen molar-refractivity contribution in [2.75, 3.05) is 5.32 Å². The number of carbonyl (C=O) groups is 2. The van der Waals surface area contributed by atoms with E-state index in [2.05, 4.69) is 11.4 Å². The lowest BCUT2D eigenvalue weighted by molar-refractivity contribution is 0.112. The Morgan fingerprint density at radius 2 is 1.69 bits per heavy atom. The number of fused-ring (bicyclic) bond motifs is 2. The third-order valence-corrected chi connectivity index (χ3v) is 6.13. The highest BCUT2D eigenvalue weighted by Crippen LogP contribution is 2.38. The number of anilines is 1. The summed E-state index contributed by atoms with van der Waals surface area (Å²) >= 11 is 0. The summed E-state index contributed by atoms with van der Waals surface area (Å²) < 4.78 is 31.3. The number of hydrogen-bond acceptors (Lipinski definition) is 5. The number of furan rings is 1. The highest BCUT2D eigenvalue weighted by Gasteiger charge is 2.27. The van der Waals surface area contributed by atoms with Crippen molar-refractivity contribution in [3.63, 3.8) is 0 Å². The van der Waals surface area contributed by atoms with Gasteiger partial charge in [0.25, 0.3) is 10.0 Å². The van der Waals surface area contributed by atoms with Gasteiger partial charge in [-0.1, -0.05) is 6.07 Å². The van der Waals surface area contributed by atoms with Crippen molar-refractivity contribution in [2.45, 2.75) is 43.6 Å². The summed E-state index contributed by atoms with van der Waals surface area (Å²) in [6, 6.07) is 2.47. The first kappa shape index (κ1) is 16.8. The Morgan fingerprint density at radius 3 is 2.27 bits per heavy atom. The van der Waals surface area contributed by atoms with E-state index in [0.29, 0.717) is 6.29 Å². The van der Waals surface area contributed by atoms with Gasteiger partial charge >= 0.3 is 6.03 Å². The molecule has 0 spiro atoms. The summed E-state index contributed by atoms with van der Waals surface area (Å²) in [4.78, 5) is 23.0. The molecule has 8 heteroatoms. The molecule has 0 aliphatic heterocycles. The van der Waals surface area contributed by atoms with Gasteiger partial charge in [-0.15, -0.1) is 0 Å². The molecule has 0 atom stereocenters. The average Bonchev–Trinajstić information content (AvgIpc) is 3.33. The lowest BCUT2D eigenvalue weighted by Crippen LogP contribution is -2.34. The van der Waals surface area contributed by atoms with Crippen LogP contribution < -0.4 is 10.0 Å². The molecular formula is C18H18N2O5S. The first-order chi connectivity index (χ1) is 12.5. The number of amides is 2. The monoisotopic (exact) mass is 374 g/mol. The Kier molecular flexibility index (Phi) is 4.07. The normalized spacial score (nSPS) is 15.4. The van der Waals surface area contributed by atoms with E-state index in [1.807, 2.05) is 4.72 Å². The molecule has 2 N–H and O–H groups in total. The van der Waals surface area contributed by atoms with E-state index >= 15 is 0 Å². The van der Waals surface area contributed by atoms with Crippen LogP contribution >= 0.6 is 0 Å². The van der Waals surface area contributed by atoms with Crippen molar-refractivity contribution in [1.82, 2.24) is 4.72 Å². The van der Waals surface area contributed by atoms with E-state index in [4.69, 9.17) is 4.42 Å². The number of hydrogen-bond donors (Lipinski definition) is 2. The molecule has 0 unspecified atom stereocenters. The average molecular weight is 374 g/mol. The van der Waals surface area contributed by atoms with E-state index in [9.17, 15) is 18.0 Å². The van der Waals surface area contributed by atoms with Crippen LogP contribution in [0.2, 0.25) is 0 Å². The van der Waals surface area contributed by atoms with E-state index in [-0.39, 0.29) is 5.56 Å². The van der Waals surface area contributed by atoms with Gasteiger partial charge < -0.3 is 9.73 Å². The molecule has 26 heavy (non-hydrogen) atoms. The second kappa shape index (κ2) is 6.28. The molecule has 2 amide bonds. The van der Waals surface area contributed by atoms with Gasteiger partial charge in [-0.25, -0.2) is 9.52 Å². The standard InChI is InChI=1S/C18H18N2O5S/c21-9-11-7-16(25-10-11)26(23,24)20-18(22)19-17-14-5-1-3-12(14)8-13-4-2-6-15(13)17/h7-10H,1-6H2,(H2,19,20,22). The van der Waals surface area contributed by atoms with Gasteiger partial charge in [0.1, 0.15) is 6.26 Å². The zero-order valence-electron chi connectivity index (χ0n) is 14.0. The van der Waals surface area contributed by atoms with Gasteiger partial charge in [-0.3, -0.25) is 4.79 Å². The number of aryl methyl sites for hydroxylation is 2. The lowest BCUT2D eigenvalue weighted by atomic mass is 9.99. The molecule has 4 rings (SSSR count). The second-order valence-electron chi connectivity index (χ2n) is 6.61. The molecule has 0 saturated carbocycles. The van der Waals surface area contributed by atoms with E-state index in [0.717, 1.165) is 67.7 Å². The van der Waals surface area contributed by atoms with E-state index in [1.165, 1.54) is 11.1 Å². The van der Waals surface area contributed by atoms with Crippen molar-refractivity contribution in [2.24, 2.45) is 0 Å². The summed E-state index contributed by atoms with van der Waals surface area (Å²) in [5.74, 6) is 0. The SMILES string of the molecule is O=Cc1coc(S(=O)(=O)NC(=O)Nc2c3c(cc4c2CCC4)CCC3)c1. The maximum atomic E-state index is 12.4. The van der Waals surface area contributed by atoms with Crippen LogP contribution in [-0.4, -0.2) is 20.7 Å². The summed E-state index contributed by atoms with van der Waals surface area (Å²) in [5, 5.41) is 2.28. The fourth-order valence-electron chi connectivity index (χ4n) is 3.81. The molecule has 0 radical (unpaired) electrons. The fourth-order valence-corrected chi connectivity index (χ4v) is 4.67. The van der Waals surface area contributed by atoms with Crippen LogP contribution in [-0.2, 0) is 35.7 Å². The van der Waals surface area contributed by atoms with Crippen molar-refractivity contribution >= 4 is 28.0 Å². The molecule has 1 heterocycles. The van der Waals surface area contributed by atoms with Crippen LogP contribution in [0.5, 0.6) is 0 Å². The lowest BCUT2D eigenvalue weighted by Gasteiger charge is -2.16. The molecule has 2 aromatic rings. The molecule has 0 bridgehead atoms. The van der Waals surface area contributed by atoms with Crippen LogP contribution in [0.1, 0.15) is 45.5 Å². The van der Waals surface area contributed by atoms with Crippen molar-refractivity contribution in [3.8, 4) is 0 Å². The zero-order valence-corrected chi connectivity index (χ0v) is 14.8. The van der Waals surface area contributed by atoms with Crippen LogP contribution in [0.4, 0.5) is 10.5 Å².